The summed E-state index contributed by atoms with van der Waals surface area (Å²) < 4.78 is 23.6. The van der Waals surface area contributed by atoms with Gasteiger partial charge in [0.15, 0.2) is 9.84 Å². The SMILES string of the molecule is CCS(=O)(=O)c1ccc(N2CCC(C)(CNC)C2)cc1. The van der Waals surface area contributed by atoms with Crippen LogP contribution in [0.2, 0.25) is 0 Å². The van der Waals surface area contributed by atoms with Crippen molar-refractivity contribution in [2.24, 2.45) is 5.41 Å². The molecule has 0 aromatic heterocycles. The van der Waals surface area contributed by atoms with Crippen molar-refractivity contribution in [3.05, 3.63) is 24.3 Å². The third kappa shape index (κ3) is 3.15. The molecule has 1 aromatic rings. The van der Waals surface area contributed by atoms with Gasteiger partial charge in [-0.25, -0.2) is 8.42 Å². The molecule has 1 saturated heterocycles. The van der Waals surface area contributed by atoms with Crippen LogP contribution in [0.15, 0.2) is 29.2 Å². The number of rotatable bonds is 5. The highest BCUT2D eigenvalue weighted by Gasteiger charge is 2.33. The van der Waals surface area contributed by atoms with Crippen LogP contribution in [0.25, 0.3) is 0 Å². The maximum absolute atomic E-state index is 11.8. The zero-order chi connectivity index (χ0) is 14.8. The minimum absolute atomic E-state index is 0.149. The molecular weight excluding hydrogens is 272 g/mol. The monoisotopic (exact) mass is 296 g/mol. The van der Waals surface area contributed by atoms with Crippen molar-refractivity contribution in [2.45, 2.75) is 25.2 Å². The van der Waals surface area contributed by atoms with Gasteiger partial charge in [0, 0.05) is 25.3 Å². The van der Waals surface area contributed by atoms with Crippen molar-refractivity contribution in [1.29, 1.82) is 0 Å². The largest absolute Gasteiger partial charge is 0.371 e. The molecule has 112 valence electrons. The van der Waals surface area contributed by atoms with Crippen LogP contribution in [0.4, 0.5) is 5.69 Å². The number of sulfone groups is 1. The average molecular weight is 296 g/mol. The van der Waals surface area contributed by atoms with E-state index in [1.807, 2.05) is 19.2 Å². The van der Waals surface area contributed by atoms with Gasteiger partial charge < -0.3 is 10.2 Å². The Morgan fingerprint density at radius 2 is 1.95 bits per heavy atom. The summed E-state index contributed by atoms with van der Waals surface area (Å²) in [4.78, 5) is 2.75. The van der Waals surface area contributed by atoms with E-state index in [1.165, 1.54) is 0 Å². The van der Waals surface area contributed by atoms with Crippen molar-refractivity contribution in [3.8, 4) is 0 Å². The highest BCUT2D eigenvalue weighted by atomic mass is 32.2. The lowest BCUT2D eigenvalue weighted by Crippen LogP contribution is -2.33. The zero-order valence-corrected chi connectivity index (χ0v) is 13.3. The van der Waals surface area contributed by atoms with Gasteiger partial charge in [0.05, 0.1) is 10.6 Å². The van der Waals surface area contributed by atoms with Gasteiger partial charge in [-0.15, -0.1) is 0 Å². The van der Waals surface area contributed by atoms with Gasteiger partial charge in [0.2, 0.25) is 0 Å². The lowest BCUT2D eigenvalue weighted by atomic mass is 9.90. The molecule has 1 fully saturated rings. The summed E-state index contributed by atoms with van der Waals surface area (Å²) in [6.45, 7) is 7.00. The van der Waals surface area contributed by atoms with Crippen molar-refractivity contribution < 1.29 is 8.42 Å². The number of nitrogens with one attached hydrogen (secondary N) is 1. The fourth-order valence-electron chi connectivity index (χ4n) is 2.85. The fraction of sp³-hybridized carbons (Fsp3) is 0.600. The van der Waals surface area contributed by atoms with E-state index in [-0.39, 0.29) is 5.75 Å². The van der Waals surface area contributed by atoms with Crippen LogP contribution in [-0.2, 0) is 9.84 Å². The van der Waals surface area contributed by atoms with Crippen LogP contribution >= 0.6 is 0 Å². The molecule has 5 heteroatoms. The molecule has 1 heterocycles. The molecule has 20 heavy (non-hydrogen) atoms. The number of anilines is 1. The number of nitrogens with zero attached hydrogens (tertiary/aromatic N) is 1. The molecule has 1 unspecified atom stereocenters. The Morgan fingerprint density at radius 1 is 1.30 bits per heavy atom. The normalized spacial score (nSPS) is 23.2. The molecule has 0 spiro atoms. The Morgan fingerprint density at radius 3 is 2.50 bits per heavy atom. The van der Waals surface area contributed by atoms with E-state index in [2.05, 4.69) is 17.1 Å². The van der Waals surface area contributed by atoms with E-state index in [9.17, 15) is 8.42 Å². The lowest BCUT2D eigenvalue weighted by molar-refractivity contribution is 0.356. The van der Waals surface area contributed by atoms with E-state index in [0.717, 1.165) is 31.7 Å². The number of hydrogen-bond acceptors (Lipinski definition) is 4. The maximum Gasteiger partial charge on any atom is 0.178 e. The lowest BCUT2D eigenvalue weighted by Gasteiger charge is -2.25. The molecule has 0 amide bonds. The Balaban J connectivity index is 2.12. The molecule has 0 saturated carbocycles. The molecule has 0 bridgehead atoms. The van der Waals surface area contributed by atoms with Gasteiger partial charge in [-0.2, -0.15) is 0 Å². The van der Waals surface area contributed by atoms with E-state index >= 15 is 0 Å². The second-order valence-electron chi connectivity index (χ2n) is 5.91. The number of hydrogen-bond donors (Lipinski definition) is 1. The van der Waals surface area contributed by atoms with Crippen LogP contribution in [0, 0.1) is 5.41 Å². The van der Waals surface area contributed by atoms with Crippen molar-refractivity contribution in [1.82, 2.24) is 5.32 Å². The third-order valence-electron chi connectivity index (χ3n) is 4.10. The summed E-state index contributed by atoms with van der Waals surface area (Å²) in [6.07, 6.45) is 1.16. The first-order valence-corrected chi connectivity index (χ1v) is 8.78. The van der Waals surface area contributed by atoms with Crippen molar-refractivity contribution in [2.75, 3.05) is 37.3 Å². The minimum Gasteiger partial charge on any atom is -0.371 e. The predicted octanol–water partition coefficient (Wildman–Crippen LogP) is 1.92. The summed E-state index contributed by atoms with van der Waals surface area (Å²) in [7, 11) is -1.11. The molecule has 1 aromatic carbocycles. The summed E-state index contributed by atoms with van der Waals surface area (Å²) in [5.41, 5.74) is 1.41. The molecule has 1 aliphatic rings. The van der Waals surface area contributed by atoms with Gasteiger partial charge >= 0.3 is 0 Å². The molecule has 1 N–H and O–H groups in total. The first-order chi connectivity index (χ1) is 9.40. The fourth-order valence-corrected chi connectivity index (χ4v) is 3.73. The molecule has 4 nitrogen and oxygen atoms in total. The second-order valence-corrected chi connectivity index (χ2v) is 8.19. The topological polar surface area (TPSA) is 49.4 Å². The van der Waals surface area contributed by atoms with Gasteiger partial charge in [-0.3, -0.25) is 0 Å². The summed E-state index contributed by atoms with van der Waals surface area (Å²) >= 11 is 0. The quantitative estimate of drug-likeness (QED) is 0.902. The smallest absolute Gasteiger partial charge is 0.178 e. The highest BCUT2D eigenvalue weighted by molar-refractivity contribution is 7.91. The Kier molecular flexibility index (Phi) is 4.39. The standard InChI is InChI=1S/C15H24N2O2S/c1-4-20(18,19)14-7-5-13(6-8-14)17-10-9-15(2,12-17)11-16-3/h5-8,16H,4,9-12H2,1-3H3. The minimum atomic E-state index is -3.10. The van der Waals surface area contributed by atoms with Gasteiger partial charge in [-0.1, -0.05) is 13.8 Å². The van der Waals surface area contributed by atoms with Crippen LogP contribution in [0.5, 0.6) is 0 Å². The Hall–Kier alpha value is -1.07. The van der Waals surface area contributed by atoms with Gasteiger partial charge in [-0.05, 0) is 43.1 Å². The van der Waals surface area contributed by atoms with Gasteiger partial charge in [0.1, 0.15) is 0 Å². The second kappa shape index (κ2) is 5.74. The summed E-state index contributed by atoms with van der Waals surface area (Å²) in [6, 6.07) is 7.30. The summed E-state index contributed by atoms with van der Waals surface area (Å²) in [5, 5.41) is 3.25. The molecule has 2 rings (SSSR count). The maximum atomic E-state index is 11.8. The van der Waals surface area contributed by atoms with Crippen LogP contribution in [0.3, 0.4) is 0 Å². The van der Waals surface area contributed by atoms with Crippen molar-refractivity contribution in [3.63, 3.8) is 0 Å². The van der Waals surface area contributed by atoms with Crippen molar-refractivity contribution >= 4 is 15.5 Å². The average Bonchev–Trinajstić information content (AvgIpc) is 2.82. The van der Waals surface area contributed by atoms with Gasteiger partial charge in [0.25, 0.3) is 0 Å². The van der Waals surface area contributed by atoms with E-state index < -0.39 is 9.84 Å². The van der Waals surface area contributed by atoms with E-state index in [4.69, 9.17) is 0 Å². The van der Waals surface area contributed by atoms with Crippen LogP contribution < -0.4 is 10.2 Å². The Bertz CT molecular complexity index is 554. The zero-order valence-electron chi connectivity index (χ0n) is 12.5. The Labute approximate surface area is 122 Å². The summed E-state index contributed by atoms with van der Waals surface area (Å²) in [5.74, 6) is 0.149. The molecular formula is C15H24N2O2S. The van der Waals surface area contributed by atoms with Crippen LogP contribution in [0.1, 0.15) is 20.3 Å². The molecule has 1 aliphatic heterocycles. The third-order valence-corrected chi connectivity index (χ3v) is 5.85. The molecule has 0 radical (unpaired) electrons. The predicted molar refractivity (Wildman–Crippen MR) is 83.0 cm³/mol. The van der Waals surface area contributed by atoms with Crippen LogP contribution in [-0.4, -0.2) is 40.9 Å². The highest BCUT2D eigenvalue weighted by Crippen LogP contribution is 2.32. The molecule has 0 aliphatic carbocycles. The van der Waals surface area contributed by atoms with E-state index in [1.54, 1.807) is 19.1 Å². The van der Waals surface area contributed by atoms with E-state index in [0.29, 0.717) is 10.3 Å². The molecule has 1 atom stereocenters. The number of benzene rings is 1. The first-order valence-electron chi connectivity index (χ1n) is 7.12. The first kappa shape index (κ1) is 15.3.